The monoisotopic (exact) mass is 466 g/mol. The highest BCUT2D eigenvalue weighted by Gasteiger charge is 2.13. The second kappa shape index (κ2) is 9.70. The Balaban J connectivity index is 1.25. The van der Waals surface area contributed by atoms with E-state index >= 15 is 0 Å². The van der Waals surface area contributed by atoms with Gasteiger partial charge in [0.25, 0.3) is 5.56 Å². The zero-order chi connectivity index (χ0) is 23.5. The Morgan fingerprint density at radius 3 is 2.59 bits per heavy atom. The molecule has 0 bridgehead atoms. The normalized spacial score (nSPS) is 14.5. The number of aromatic nitrogens is 4. The molecule has 1 aliphatic heterocycles. The zero-order valence-electron chi connectivity index (χ0n) is 18.4. The highest BCUT2D eigenvalue weighted by molar-refractivity contribution is 5.82. The fourth-order valence-electron chi connectivity index (χ4n) is 4.01. The Bertz CT molecular complexity index is 1350. The predicted molar refractivity (Wildman–Crippen MR) is 124 cm³/mol. The van der Waals surface area contributed by atoms with Crippen molar-refractivity contribution in [2.75, 3.05) is 39.3 Å². The third-order valence-corrected chi connectivity index (χ3v) is 5.85. The van der Waals surface area contributed by atoms with E-state index in [2.05, 4.69) is 25.5 Å². The van der Waals surface area contributed by atoms with E-state index < -0.39 is 17.2 Å². The van der Waals surface area contributed by atoms with Gasteiger partial charge in [-0.1, -0.05) is 5.21 Å². The molecule has 176 valence electrons. The van der Waals surface area contributed by atoms with Gasteiger partial charge in [-0.15, -0.1) is 5.10 Å². The van der Waals surface area contributed by atoms with Gasteiger partial charge in [0, 0.05) is 44.2 Å². The van der Waals surface area contributed by atoms with Crippen molar-refractivity contribution in [1.82, 2.24) is 30.2 Å². The Morgan fingerprint density at radius 1 is 1.03 bits per heavy atom. The summed E-state index contributed by atoms with van der Waals surface area (Å²) in [5.41, 5.74) is 1.03. The van der Waals surface area contributed by atoms with Gasteiger partial charge in [0.2, 0.25) is 0 Å². The number of nitrogens with zero attached hydrogens (tertiary/aromatic N) is 4. The molecule has 0 aliphatic carbocycles. The first-order valence-corrected chi connectivity index (χ1v) is 11.2. The molecule has 1 aliphatic rings. The van der Waals surface area contributed by atoms with Crippen molar-refractivity contribution in [1.29, 1.82) is 0 Å². The van der Waals surface area contributed by atoms with Crippen molar-refractivity contribution < 1.29 is 13.5 Å². The van der Waals surface area contributed by atoms with Gasteiger partial charge in [-0.05, 0) is 42.8 Å². The summed E-state index contributed by atoms with van der Waals surface area (Å²) < 4.78 is 34.4. The number of fused-ring (bicyclic) bond motifs is 1. The molecule has 2 aromatic heterocycles. The molecule has 1 saturated heterocycles. The van der Waals surface area contributed by atoms with E-state index in [4.69, 9.17) is 4.74 Å². The second-order valence-electron chi connectivity index (χ2n) is 8.20. The van der Waals surface area contributed by atoms with Gasteiger partial charge < -0.3 is 19.9 Å². The van der Waals surface area contributed by atoms with E-state index in [0.29, 0.717) is 17.7 Å². The molecule has 3 heterocycles. The van der Waals surface area contributed by atoms with Gasteiger partial charge in [-0.3, -0.25) is 4.79 Å². The van der Waals surface area contributed by atoms with Crippen molar-refractivity contribution in [3.63, 3.8) is 0 Å². The molecule has 0 saturated carbocycles. The molecule has 10 heteroatoms. The number of benzene rings is 2. The van der Waals surface area contributed by atoms with Gasteiger partial charge in [0.1, 0.15) is 11.4 Å². The number of H-pyrrole nitrogens is 1. The molecule has 1 fully saturated rings. The molecule has 5 rings (SSSR count). The van der Waals surface area contributed by atoms with Crippen molar-refractivity contribution in [2.24, 2.45) is 0 Å². The molecule has 0 unspecified atom stereocenters. The molecule has 0 amide bonds. The van der Waals surface area contributed by atoms with E-state index in [1.165, 1.54) is 6.07 Å². The Morgan fingerprint density at radius 2 is 1.79 bits per heavy atom. The number of ether oxygens (including phenoxy) is 1. The van der Waals surface area contributed by atoms with Crippen LogP contribution in [0.15, 0.2) is 53.5 Å². The van der Waals surface area contributed by atoms with Crippen LogP contribution in [0.3, 0.4) is 0 Å². The van der Waals surface area contributed by atoms with Gasteiger partial charge >= 0.3 is 0 Å². The highest BCUT2D eigenvalue weighted by Crippen LogP contribution is 2.22. The maximum atomic E-state index is 13.6. The topological polar surface area (TPSA) is 88.1 Å². The third-order valence-electron chi connectivity index (χ3n) is 5.85. The van der Waals surface area contributed by atoms with Crippen LogP contribution in [0.4, 0.5) is 8.78 Å². The maximum absolute atomic E-state index is 13.6. The number of nitrogens with one attached hydrogen (secondary N) is 2. The SMILES string of the molecule is O=c1[nH]c2cc(F)c(F)cc2cc1-c1cn(-c2ccc(OCCCN3CCNCC3)cc2)nn1. The third kappa shape index (κ3) is 4.82. The molecule has 2 N–H and O–H groups in total. The number of halogens is 2. The van der Waals surface area contributed by atoms with Crippen LogP contribution in [0.2, 0.25) is 0 Å². The first-order valence-electron chi connectivity index (χ1n) is 11.2. The maximum Gasteiger partial charge on any atom is 0.258 e. The summed E-state index contributed by atoms with van der Waals surface area (Å²) >= 11 is 0. The summed E-state index contributed by atoms with van der Waals surface area (Å²) in [4.78, 5) is 17.5. The van der Waals surface area contributed by atoms with Crippen molar-refractivity contribution in [2.45, 2.75) is 6.42 Å². The quantitative estimate of drug-likeness (QED) is 0.408. The standard InChI is InChI=1S/C24H24F2N6O2/c25-20-13-16-12-19(24(33)28-22(16)14-21(20)26)23-15-32(30-29-23)17-2-4-18(5-3-17)34-11-1-8-31-9-6-27-7-10-31/h2-5,12-15,27H,1,6-11H2,(H,28,33). The van der Waals surface area contributed by atoms with Crippen LogP contribution in [0.5, 0.6) is 5.75 Å². The van der Waals surface area contributed by atoms with Crippen LogP contribution in [0, 0.1) is 11.6 Å². The van der Waals surface area contributed by atoms with Crippen LogP contribution < -0.4 is 15.6 Å². The average molecular weight is 466 g/mol. The lowest BCUT2D eigenvalue weighted by atomic mass is 10.1. The number of hydrogen-bond donors (Lipinski definition) is 2. The molecule has 0 radical (unpaired) electrons. The first kappa shape index (κ1) is 22.2. The molecule has 4 aromatic rings. The molecule has 8 nitrogen and oxygen atoms in total. The lowest BCUT2D eigenvalue weighted by molar-refractivity contribution is 0.214. The van der Waals surface area contributed by atoms with Crippen LogP contribution in [-0.4, -0.2) is 64.2 Å². The van der Waals surface area contributed by atoms with E-state index in [0.717, 1.165) is 62.7 Å². The van der Waals surface area contributed by atoms with Crippen LogP contribution in [0.1, 0.15) is 6.42 Å². The number of piperazine rings is 1. The fraction of sp³-hybridized carbons (Fsp3) is 0.292. The number of rotatable bonds is 7. The van der Waals surface area contributed by atoms with Crippen molar-refractivity contribution >= 4 is 10.9 Å². The van der Waals surface area contributed by atoms with Gasteiger partial charge in [-0.2, -0.15) is 0 Å². The Kier molecular flexibility index (Phi) is 6.33. The summed E-state index contributed by atoms with van der Waals surface area (Å²) in [6.45, 7) is 5.91. The average Bonchev–Trinajstić information content (AvgIpc) is 3.34. The smallest absolute Gasteiger partial charge is 0.258 e. The molecule has 2 aromatic carbocycles. The number of aromatic amines is 1. The molecular formula is C24H24F2N6O2. The first-order chi connectivity index (χ1) is 16.6. The Labute approximate surface area is 194 Å². The van der Waals surface area contributed by atoms with E-state index in [1.807, 2.05) is 24.3 Å². The molecule has 34 heavy (non-hydrogen) atoms. The predicted octanol–water partition coefficient (Wildman–Crippen LogP) is 2.73. The summed E-state index contributed by atoms with van der Waals surface area (Å²) in [6.07, 6.45) is 2.57. The van der Waals surface area contributed by atoms with Crippen LogP contribution in [-0.2, 0) is 0 Å². The zero-order valence-corrected chi connectivity index (χ0v) is 18.4. The van der Waals surface area contributed by atoms with Gasteiger partial charge in [-0.25, -0.2) is 13.5 Å². The minimum atomic E-state index is -1.02. The number of hydrogen-bond acceptors (Lipinski definition) is 6. The minimum Gasteiger partial charge on any atom is -0.494 e. The summed E-state index contributed by atoms with van der Waals surface area (Å²) in [6, 6.07) is 10.9. The molecule has 0 atom stereocenters. The van der Waals surface area contributed by atoms with Gasteiger partial charge in [0.15, 0.2) is 11.6 Å². The largest absolute Gasteiger partial charge is 0.494 e. The van der Waals surface area contributed by atoms with Crippen LogP contribution >= 0.6 is 0 Å². The summed E-state index contributed by atoms with van der Waals surface area (Å²) in [7, 11) is 0. The molecular weight excluding hydrogens is 442 g/mol. The van der Waals surface area contributed by atoms with Crippen LogP contribution in [0.25, 0.3) is 27.8 Å². The lowest BCUT2D eigenvalue weighted by Gasteiger charge is -2.26. The van der Waals surface area contributed by atoms with Crippen molar-refractivity contribution in [3.05, 3.63) is 70.6 Å². The second-order valence-corrected chi connectivity index (χ2v) is 8.20. The molecule has 0 spiro atoms. The van der Waals surface area contributed by atoms with Gasteiger partial charge in [0.05, 0.1) is 29.6 Å². The minimum absolute atomic E-state index is 0.212. The highest BCUT2D eigenvalue weighted by atomic mass is 19.2. The summed E-state index contributed by atoms with van der Waals surface area (Å²) in [5, 5.41) is 11.9. The van der Waals surface area contributed by atoms with E-state index in [9.17, 15) is 13.6 Å². The lowest BCUT2D eigenvalue weighted by Crippen LogP contribution is -2.43. The fourth-order valence-corrected chi connectivity index (χ4v) is 4.01. The number of pyridine rings is 1. The van der Waals surface area contributed by atoms with Crippen molar-refractivity contribution in [3.8, 4) is 22.7 Å². The Hall–Kier alpha value is -3.63. The summed E-state index contributed by atoms with van der Waals surface area (Å²) in [5.74, 6) is -1.24. The van der Waals surface area contributed by atoms with E-state index in [-0.39, 0.29) is 11.1 Å². The van der Waals surface area contributed by atoms with E-state index in [1.54, 1.807) is 10.9 Å².